The molecule has 0 aliphatic rings. The fourth-order valence-electron chi connectivity index (χ4n) is 1.13. The van der Waals surface area contributed by atoms with Gasteiger partial charge in [0, 0.05) is 4.88 Å². The molecule has 6 heteroatoms. The van der Waals surface area contributed by atoms with Crippen molar-refractivity contribution < 1.29 is 4.79 Å². The summed E-state index contributed by atoms with van der Waals surface area (Å²) in [5, 5.41) is 2.84. The number of hydrogen-bond acceptors (Lipinski definition) is 4. The molecule has 0 spiro atoms. The Morgan fingerprint density at radius 2 is 2.44 bits per heavy atom. The summed E-state index contributed by atoms with van der Waals surface area (Å²) in [5.41, 5.74) is 5.74. The minimum Gasteiger partial charge on any atom is -0.350 e. The van der Waals surface area contributed by atoms with Gasteiger partial charge in [0.25, 0.3) is 0 Å². The van der Waals surface area contributed by atoms with Crippen molar-refractivity contribution >= 4 is 44.9 Å². The first-order chi connectivity index (χ1) is 7.63. The van der Waals surface area contributed by atoms with Crippen LogP contribution in [0, 0.1) is 0 Å². The molecule has 0 aromatic carbocycles. The third kappa shape index (κ3) is 4.86. The van der Waals surface area contributed by atoms with Gasteiger partial charge in [0.05, 0.1) is 16.4 Å². The van der Waals surface area contributed by atoms with Crippen molar-refractivity contribution in [2.24, 2.45) is 5.73 Å². The van der Waals surface area contributed by atoms with Crippen LogP contribution in [-0.2, 0) is 11.3 Å². The standard InChI is InChI=1S/C10H15BrN2OS2/c1-15-5-4-8(12)10(14)13-6-7-2-3-9(11)16-7/h2-3,8H,4-6,12H2,1H3,(H,13,14)/t8-/m1/s1. The maximum atomic E-state index is 11.6. The molecule has 0 saturated heterocycles. The molecule has 1 amide bonds. The monoisotopic (exact) mass is 322 g/mol. The van der Waals surface area contributed by atoms with Gasteiger partial charge in [-0.15, -0.1) is 11.3 Å². The summed E-state index contributed by atoms with van der Waals surface area (Å²) >= 11 is 6.70. The predicted molar refractivity (Wildman–Crippen MR) is 74.8 cm³/mol. The topological polar surface area (TPSA) is 55.1 Å². The molecule has 0 bridgehead atoms. The van der Waals surface area contributed by atoms with Gasteiger partial charge in [-0.3, -0.25) is 4.79 Å². The number of carbonyl (C=O) groups is 1. The molecular weight excluding hydrogens is 308 g/mol. The molecule has 1 heterocycles. The Bertz CT molecular complexity index is 343. The van der Waals surface area contributed by atoms with Crippen molar-refractivity contribution in [3.05, 3.63) is 20.8 Å². The van der Waals surface area contributed by atoms with Gasteiger partial charge < -0.3 is 11.1 Å². The van der Waals surface area contributed by atoms with Crippen LogP contribution in [0.5, 0.6) is 0 Å². The fourth-order valence-corrected chi connectivity index (χ4v) is 3.04. The highest BCUT2D eigenvalue weighted by atomic mass is 79.9. The second-order valence-corrected chi connectivity index (χ2v) is 6.84. The quantitative estimate of drug-likeness (QED) is 0.844. The Balaban J connectivity index is 2.29. The van der Waals surface area contributed by atoms with Crippen LogP contribution >= 0.6 is 39.0 Å². The molecule has 0 aliphatic carbocycles. The van der Waals surface area contributed by atoms with Crippen LogP contribution in [0.15, 0.2) is 15.9 Å². The molecular formula is C10H15BrN2OS2. The van der Waals surface area contributed by atoms with Gasteiger partial charge in [-0.05, 0) is 46.5 Å². The average molecular weight is 323 g/mol. The third-order valence-corrected chi connectivity index (χ3v) is 4.30. The summed E-state index contributed by atoms with van der Waals surface area (Å²) < 4.78 is 1.07. The smallest absolute Gasteiger partial charge is 0.237 e. The van der Waals surface area contributed by atoms with E-state index in [1.807, 2.05) is 18.4 Å². The highest BCUT2D eigenvalue weighted by molar-refractivity contribution is 9.11. The molecule has 3 N–H and O–H groups in total. The molecule has 1 atom stereocenters. The molecule has 0 unspecified atom stereocenters. The van der Waals surface area contributed by atoms with Crippen LogP contribution in [-0.4, -0.2) is 24.0 Å². The SMILES string of the molecule is CSCC[C@@H](N)C(=O)NCc1ccc(Br)s1. The minimum atomic E-state index is -0.393. The highest BCUT2D eigenvalue weighted by Gasteiger charge is 2.12. The number of thioether (sulfide) groups is 1. The molecule has 1 rings (SSSR count). The zero-order valence-electron chi connectivity index (χ0n) is 9.03. The van der Waals surface area contributed by atoms with E-state index in [2.05, 4.69) is 21.2 Å². The summed E-state index contributed by atoms with van der Waals surface area (Å²) in [7, 11) is 0. The lowest BCUT2D eigenvalue weighted by Crippen LogP contribution is -2.40. The van der Waals surface area contributed by atoms with Crippen LogP contribution in [0.2, 0.25) is 0 Å². The van der Waals surface area contributed by atoms with E-state index < -0.39 is 6.04 Å². The lowest BCUT2D eigenvalue weighted by atomic mass is 10.2. The van der Waals surface area contributed by atoms with Crippen LogP contribution in [0.1, 0.15) is 11.3 Å². The van der Waals surface area contributed by atoms with E-state index in [9.17, 15) is 4.79 Å². The van der Waals surface area contributed by atoms with E-state index in [1.165, 1.54) is 0 Å². The molecule has 16 heavy (non-hydrogen) atoms. The van der Waals surface area contributed by atoms with Crippen LogP contribution in [0.25, 0.3) is 0 Å². The Labute approximate surface area is 112 Å². The summed E-state index contributed by atoms with van der Waals surface area (Å²) in [6.45, 7) is 0.558. The number of thiophene rings is 1. The molecule has 1 aromatic rings. The van der Waals surface area contributed by atoms with Gasteiger partial charge in [-0.1, -0.05) is 0 Å². The number of nitrogens with two attached hydrogens (primary N) is 1. The van der Waals surface area contributed by atoms with Gasteiger partial charge in [0.15, 0.2) is 0 Å². The summed E-state index contributed by atoms with van der Waals surface area (Å²) in [5.74, 6) is 0.845. The highest BCUT2D eigenvalue weighted by Crippen LogP contribution is 2.21. The number of amides is 1. The first-order valence-electron chi connectivity index (χ1n) is 4.90. The zero-order chi connectivity index (χ0) is 12.0. The van der Waals surface area contributed by atoms with Gasteiger partial charge in [-0.2, -0.15) is 11.8 Å². The van der Waals surface area contributed by atoms with E-state index in [4.69, 9.17) is 5.73 Å². The van der Waals surface area contributed by atoms with Gasteiger partial charge in [-0.25, -0.2) is 0 Å². The fraction of sp³-hybridized carbons (Fsp3) is 0.500. The Morgan fingerprint density at radius 1 is 1.69 bits per heavy atom. The number of carbonyl (C=O) groups excluding carboxylic acids is 1. The summed E-state index contributed by atoms with van der Waals surface area (Å²) in [4.78, 5) is 12.7. The minimum absolute atomic E-state index is 0.0708. The van der Waals surface area contributed by atoms with Crippen molar-refractivity contribution in [2.75, 3.05) is 12.0 Å². The zero-order valence-corrected chi connectivity index (χ0v) is 12.3. The van der Waals surface area contributed by atoms with Gasteiger partial charge >= 0.3 is 0 Å². The molecule has 0 fully saturated rings. The van der Waals surface area contributed by atoms with E-state index in [0.29, 0.717) is 6.54 Å². The number of rotatable bonds is 6. The van der Waals surface area contributed by atoms with E-state index in [-0.39, 0.29) is 5.91 Å². The molecule has 0 aliphatic heterocycles. The second-order valence-electron chi connectivity index (χ2n) is 3.31. The molecule has 1 aromatic heterocycles. The molecule has 3 nitrogen and oxygen atoms in total. The van der Waals surface area contributed by atoms with Crippen molar-refractivity contribution in [1.82, 2.24) is 5.32 Å². The molecule has 0 radical (unpaired) electrons. The van der Waals surface area contributed by atoms with E-state index in [0.717, 1.165) is 20.8 Å². The molecule has 0 saturated carbocycles. The van der Waals surface area contributed by atoms with Crippen molar-refractivity contribution in [3.8, 4) is 0 Å². The Morgan fingerprint density at radius 3 is 3.00 bits per heavy atom. The third-order valence-electron chi connectivity index (χ3n) is 2.04. The van der Waals surface area contributed by atoms with Crippen molar-refractivity contribution in [1.29, 1.82) is 0 Å². The first-order valence-corrected chi connectivity index (χ1v) is 7.90. The van der Waals surface area contributed by atoms with Gasteiger partial charge in [0.1, 0.15) is 0 Å². The summed E-state index contributed by atoms with van der Waals surface area (Å²) in [6, 6.07) is 3.57. The van der Waals surface area contributed by atoms with Crippen molar-refractivity contribution in [2.45, 2.75) is 19.0 Å². The summed E-state index contributed by atoms with van der Waals surface area (Å²) in [6.07, 6.45) is 2.73. The number of hydrogen-bond donors (Lipinski definition) is 2. The Kier molecular flexibility index (Phi) is 6.41. The van der Waals surface area contributed by atoms with Gasteiger partial charge in [0.2, 0.25) is 5.91 Å². The van der Waals surface area contributed by atoms with Crippen LogP contribution in [0.3, 0.4) is 0 Å². The normalized spacial score (nSPS) is 12.4. The first kappa shape index (κ1) is 14.0. The van der Waals surface area contributed by atoms with E-state index in [1.54, 1.807) is 23.1 Å². The van der Waals surface area contributed by atoms with Crippen LogP contribution in [0.4, 0.5) is 0 Å². The average Bonchev–Trinajstić information content (AvgIpc) is 2.68. The largest absolute Gasteiger partial charge is 0.350 e. The maximum absolute atomic E-state index is 11.6. The lowest BCUT2D eigenvalue weighted by Gasteiger charge is -2.10. The Hall–Kier alpha value is -0.0400. The molecule has 90 valence electrons. The number of halogens is 1. The lowest BCUT2D eigenvalue weighted by molar-refractivity contribution is -0.122. The van der Waals surface area contributed by atoms with Crippen molar-refractivity contribution in [3.63, 3.8) is 0 Å². The van der Waals surface area contributed by atoms with Crippen LogP contribution < -0.4 is 11.1 Å². The number of nitrogens with one attached hydrogen (secondary N) is 1. The predicted octanol–water partition coefficient (Wildman–Crippen LogP) is 2.21. The maximum Gasteiger partial charge on any atom is 0.237 e. The van der Waals surface area contributed by atoms with E-state index >= 15 is 0 Å². The second kappa shape index (κ2) is 7.32.